The predicted molar refractivity (Wildman–Crippen MR) is 147 cm³/mol. The van der Waals surface area contributed by atoms with E-state index in [1.165, 1.54) is 0 Å². The Balaban J connectivity index is 1.38. The van der Waals surface area contributed by atoms with Crippen LogP contribution in [0.5, 0.6) is 11.5 Å². The minimum Gasteiger partial charge on any atom is -0.491 e. The van der Waals surface area contributed by atoms with Crippen molar-refractivity contribution in [2.45, 2.75) is 45.8 Å². The van der Waals surface area contributed by atoms with Crippen molar-refractivity contribution in [3.63, 3.8) is 0 Å². The zero-order valence-corrected chi connectivity index (χ0v) is 22.4. The van der Waals surface area contributed by atoms with Crippen LogP contribution in [-0.4, -0.2) is 61.7 Å². The third-order valence-electron chi connectivity index (χ3n) is 6.44. The zero-order valence-electron chi connectivity index (χ0n) is 21.7. The van der Waals surface area contributed by atoms with Gasteiger partial charge >= 0.3 is 0 Å². The number of carbonyl (C=O) groups excluding carboxylic acids is 1. The summed E-state index contributed by atoms with van der Waals surface area (Å²) in [4.78, 5) is 22.1. The lowest BCUT2D eigenvalue weighted by molar-refractivity contribution is -0.118. The van der Waals surface area contributed by atoms with Gasteiger partial charge in [-0.05, 0) is 89.7 Å². The molecule has 1 saturated heterocycles. The molecule has 0 bridgehead atoms. The van der Waals surface area contributed by atoms with Crippen LogP contribution < -0.4 is 19.7 Å². The number of halogens is 1. The van der Waals surface area contributed by atoms with Crippen molar-refractivity contribution in [1.82, 2.24) is 9.88 Å². The number of aromatic nitrogens is 1. The van der Waals surface area contributed by atoms with E-state index >= 15 is 0 Å². The van der Waals surface area contributed by atoms with Crippen LogP contribution in [0.15, 0.2) is 42.5 Å². The van der Waals surface area contributed by atoms with Gasteiger partial charge in [-0.15, -0.1) is 0 Å². The number of anilines is 2. The molecule has 0 radical (unpaired) electrons. The van der Waals surface area contributed by atoms with Gasteiger partial charge in [0.2, 0.25) is 0 Å². The molecule has 0 unspecified atom stereocenters. The molecule has 192 valence electrons. The Morgan fingerprint density at radius 3 is 2.58 bits per heavy atom. The molecule has 1 aliphatic heterocycles. The van der Waals surface area contributed by atoms with Crippen molar-refractivity contribution in [1.29, 1.82) is 0 Å². The predicted octanol–water partition coefficient (Wildman–Crippen LogP) is 5.53. The summed E-state index contributed by atoms with van der Waals surface area (Å²) in [7, 11) is 4.30. The Morgan fingerprint density at radius 1 is 1.17 bits per heavy atom. The first-order valence-electron chi connectivity index (χ1n) is 12.4. The van der Waals surface area contributed by atoms with Gasteiger partial charge in [-0.25, -0.2) is 4.98 Å². The van der Waals surface area contributed by atoms with Crippen LogP contribution in [0.25, 0.3) is 10.9 Å². The van der Waals surface area contributed by atoms with Crippen LogP contribution in [0.1, 0.15) is 32.3 Å². The summed E-state index contributed by atoms with van der Waals surface area (Å²) < 4.78 is 11.3. The molecule has 1 amide bonds. The number of nitrogens with zero attached hydrogens (tertiary/aromatic N) is 3. The first-order valence-corrected chi connectivity index (χ1v) is 12.8. The lowest BCUT2D eigenvalue weighted by Gasteiger charge is -2.36. The lowest BCUT2D eigenvalue weighted by Crippen LogP contribution is -2.42. The summed E-state index contributed by atoms with van der Waals surface area (Å²) in [6.07, 6.45) is 2.33. The smallest absolute Gasteiger partial charge is 0.262 e. The topological polar surface area (TPSA) is 66.9 Å². The molecule has 3 aromatic rings. The number of fused-ring (bicyclic) bond motifs is 1. The van der Waals surface area contributed by atoms with E-state index in [9.17, 15) is 4.79 Å². The van der Waals surface area contributed by atoms with Crippen molar-refractivity contribution < 1.29 is 14.3 Å². The maximum atomic E-state index is 12.5. The summed E-state index contributed by atoms with van der Waals surface area (Å²) in [6.45, 7) is 7.84. The highest BCUT2D eigenvalue weighted by Gasteiger charge is 2.22. The minimum absolute atomic E-state index is 0.0478. The largest absolute Gasteiger partial charge is 0.491 e. The molecule has 36 heavy (non-hydrogen) atoms. The Hall–Kier alpha value is -3.03. The van der Waals surface area contributed by atoms with E-state index < -0.39 is 0 Å². The van der Waals surface area contributed by atoms with Gasteiger partial charge in [0.1, 0.15) is 17.3 Å². The zero-order chi connectivity index (χ0) is 25.8. The fourth-order valence-corrected chi connectivity index (χ4v) is 4.74. The standard InChI is InChI=1S/C28H35ClN4O3/c1-18(2)36-22-7-9-26(24(29)16-22)35-17-28(34)30-20-6-8-25-23(15-20)19(3)14-27(31-25)33-12-10-21(11-13-33)32(4)5/h6-9,14-16,18,21H,10-13,17H2,1-5H3,(H,30,34). The molecule has 1 aromatic heterocycles. The van der Waals surface area contributed by atoms with E-state index in [2.05, 4.69) is 42.2 Å². The van der Waals surface area contributed by atoms with E-state index in [0.717, 1.165) is 48.2 Å². The molecule has 2 aromatic carbocycles. The molecule has 1 aliphatic rings. The van der Waals surface area contributed by atoms with Crippen molar-refractivity contribution in [3.8, 4) is 11.5 Å². The van der Waals surface area contributed by atoms with Crippen LogP contribution in [0.4, 0.5) is 11.5 Å². The molecule has 4 rings (SSSR count). The SMILES string of the molecule is Cc1cc(N2CCC(N(C)C)CC2)nc2ccc(NC(=O)COc3ccc(OC(C)C)cc3Cl)cc12. The number of nitrogens with one attached hydrogen (secondary N) is 1. The number of ether oxygens (including phenoxy) is 2. The Bertz CT molecular complexity index is 1220. The number of hydrogen-bond donors (Lipinski definition) is 1. The monoisotopic (exact) mass is 510 g/mol. The number of piperidine rings is 1. The lowest BCUT2D eigenvalue weighted by atomic mass is 10.0. The number of pyridine rings is 1. The number of amides is 1. The van der Waals surface area contributed by atoms with E-state index in [-0.39, 0.29) is 18.6 Å². The highest BCUT2D eigenvalue weighted by molar-refractivity contribution is 6.32. The van der Waals surface area contributed by atoms with Crippen LogP contribution >= 0.6 is 11.6 Å². The van der Waals surface area contributed by atoms with Crippen LogP contribution in [0.2, 0.25) is 5.02 Å². The molecule has 1 N–H and O–H groups in total. The second-order valence-electron chi connectivity index (χ2n) is 9.81. The quantitative estimate of drug-likeness (QED) is 0.429. The van der Waals surface area contributed by atoms with E-state index in [4.69, 9.17) is 26.1 Å². The average molecular weight is 511 g/mol. The maximum Gasteiger partial charge on any atom is 0.262 e. The molecule has 0 saturated carbocycles. The Kier molecular flexibility index (Phi) is 8.21. The van der Waals surface area contributed by atoms with Gasteiger partial charge < -0.3 is 24.6 Å². The van der Waals surface area contributed by atoms with Gasteiger partial charge in [0.05, 0.1) is 16.6 Å². The van der Waals surface area contributed by atoms with Crippen molar-refractivity contribution >= 4 is 39.9 Å². The van der Waals surface area contributed by atoms with E-state index in [0.29, 0.717) is 28.3 Å². The van der Waals surface area contributed by atoms with Crippen molar-refractivity contribution in [2.75, 3.05) is 44.0 Å². The van der Waals surface area contributed by atoms with Crippen molar-refractivity contribution in [2.24, 2.45) is 0 Å². The second kappa shape index (κ2) is 11.4. The van der Waals surface area contributed by atoms with Gasteiger partial charge in [-0.1, -0.05) is 11.6 Å². The van der Waals surface area contributed by atoms with Crippen molar-refractivity contribution in [3.05, 3.63) is 53.1 Å². The third-order valence-corrected chi connectivity index (χ3v) is 6.73. The fourth-order valence-electron chi connectivity index (χ4n) is 4.51. The van der Waals surface area contributed by atoms with E-state index in [1.807, 2.05) is 32.0 Å². The highest BCUT2D eigenvalue weighted by atomic mass is 35.5. The summed E-state index contributed by atoms with van der Waals surface area (Å²) in [5.74, 6) is 1.85. The normalized spacial score (nSPS) is 14.5. The Morgan fingerprint density at radius 2 is 1.92 bits per heavy atom. The number of rotatable bonds is 8. The van der Waals surface area contributed by atoms with Gasteiger partial charge in [-0.2, -0.15) is 0 Å². The molecule has 1 fully saturated rings. The molecule has 0 aliphatic carbocycles. The van der Waals surface area contributed by atoms with Crippen LogP contribution in [0.3, 0.4) is 0 Å². The van der Waals surface area contributed by atoms with E-state index in [1.54, 1.807) is 18.2 Å². The van der Waals surface area contributed by atoms with Gasteiger partial charge in [0.25, 0.3) is 5.91 Å². The molecule has 0 atom stereocenters. The summed E-state index contributed by atoms with van der Waals surface area (Å²) in [5.41, 5.74) is 2.75. The summed E-state index contributed by atoms with van der Waals surface area (Å²) in [6, 6.07) is 13.7. The number of hydrogen-bond acceptors (Lipinski definition) is 6. The molecule has 7 nitrogen and oxygen atoms in total. The molecular weight excluding hydrogens is 476 g/mol. The highest BCUT2D eigenvalue weighted by Crippen LogP contribution is 2.30. The number of benzene rings is 2. The Labute approximate surface area is 218 Å². The third kappa shape index (κ3) is 6.39. The minimum atomic E-state index is -0.265. The molecule has 0 spiro atoms. The molecular formula is C28H35ClN4O3. The second-order valence-corrected chi connectivity index (χ2v) is 10.2. The number of aryl methyl sites for hydroxylation is 1. The summed E-state index contributed by atoms with van der Waals surface area (Å²) >= 11 is 6.28. The fraction of sp³-hybridized carbons (Fsp3) is 0.429. The first kappa shape index (κ1) is 26.0. The number of carbonyl (C=O) groups is 1. The summed E-state index contributed by atoms with van der Waals surface area (Å²) in [5, 5.41) is 4.32. The van der Waals surface area contributed by atoms with Crippen LogP contribution in [0, 0.1) is 6.92 Å². The van der Waals surface area contributed by atoms with Crippen LogP contribution in [-0.2, 0) is 4.79 Å². The van der Waals surface area contributed by atoms with Gasteiger partial charge in [0, 0.05) is 36.3 Å². The maximum absolute atomic E-state index is 12.5. The van der Waals surface area contributed by atoms with Gasteiger partial charge in [-0.3, -0.25) is 4.79 Å². The van der Waals surface area contributed by atoms with Gasteiger partial charge in [0.15, 0.2) is 6.61 Å². The molecule has 8 heteroatoms. The first-order chi connectivity index (χ1) is 17.2. The average Bonchev–Trinajstić information content (AvgIpc) is 2.83. The molecule has 2 heterocycles.